The molecule has 2 aromatic heterocycles. The number of hydrogen-bond donors (Lipinski definition) is 1. The summed E-state index contributed by atoms with van der Waals surface area (Å²) in [5, 5.41) is 5.30. The molecule has 102 valence electrons. The molecule has 0 radical (unpaired) electrons. The van der Waals surface area contributed by atoms with Crippen molar-refractivity contribution < 1.29 is 9.21 Å². The molecule has 0 fully saturated rings. The Morgan fingerprint density at radius 3 is 2.63 bits per heavy atom. The first kappa shape index (κ1) is 14.3. The first-order chi connectivity index (χ1) is 8.77. The van der Waals surface area contributed by atoms with E-state index in [9.17, 15) is 4.79 Å². The first-order valence-electron chi connectivity index (χ1n) is 5.80. The summed E-state index contributed by atoms with van der Waals surface area (Å²) in [6.45, 7) is 8.08. The number of rotatable bonds is 2. The SMILES string of the molecule is Cc1cc(Br)oc1C(=O)Nc1nc(C(C)(C)C)cs1. The third-order valence-corrected chi connectivity index (χ3v) is 3.74. The molecule has 4 nitrogen and oxygen atoms in total. The standard InChI is InChI=1S/C13H15BrN2O2S/c1-7-5-9(14)18-10(7)11(17)16-12-15-8(6-19-12)13(2,3)4/h5-6H,1-4H3,(H,15,16,17). The molecule has 0 atom stereocenters. The number of halogens is 1. The molecule has 0 saturated heterocycles. The van der Waals surface area contributed by atoms with Crippen molar-refractivity contribution in [2.24, 2.45) is 0 Å². The van der Waals surface area contributed by atoms with Gasteiger partial charge < -0.3 is 4.42 Å². The van der Waals surface area contributed by atoms with Crippen molar-refractivity contribution in [3.8, 4) is 0 Å². The second kappa shape index (κ2) is 5.09. The van der Waals surface area contributed by atoms with Gasteiger partial charge in [0.05, 0.1) is 5.69 Å². The summed E-state index contributed by atoms with van der Waals surface area (Å²) in [6, 6.07) is 1.76. The maximum atomic E-state index is 12.0. The lowest BCUT2D eigenvalue weighted by molar-refractivity contribution is 0.0994. The summed E-state index contributed by atoms with van der Waals surface area (Å²) < 4.78 is 5.85. The molecule has 2 rings (SSSR count). The predicted molar refractivity (Wildman–Crippen MR) is 79.9 cm³/mol. The van der Waals surface area contributed by atoms with Crippen LogP contribution in [0.3, 0.4) is 0 Å². The zero-order valence-corrected chi connectivity index (χ0v) is 13.6. The molecule has 0 unspecified atom stereocenters. The van der Waals surface area contributed by atoms with Gasteiger partial charge in [0.25, 0.3) is 5.91 Å². The van der Waals surface area contributed by atoms with Gasteiger partial charge in [0.2, 0.25) is 0 Å². The summed E-state index contributed by atoms with van der Waals surface area (Å²) in [6.07, 6.45) is 0. The number of furan rings is 1. The molecule has 1 amide bonds. The summed E-state index contributed by atoms with van der Waals surface area (Å²) >= 11 is 4.62. The summed E-state index contributed by atoms with van der Waals surface area (Å²) in [4.78, 5) is 16.5. The van der Waals surface area contributed by atoms with E-state index < -0.39 is 0 Å². The van der Waals surface area contributed by atoms with Crippen LogP contribution in [0, 0.1) is 6.92 Å². The number of anilines is 1. The van der Waals surface area contributed by atoms with E-state index in [4.69, 9.17) is 4.42 Å². The number of aryl methyl sites for hydroxylation is 1. The molecule has 1 N–H and O–H groups in total. The van der Waals surface area contributed by atoms with Crippen LogP contribution >= 0.6 is 27.3 Å². The lowest BCUT2D eigenvalue weighted by Gasteiger charge is -2.14. The average molecular weight is 343 g/mol. The minimum atomic E-state index is -0.280. The lowest BCUT2D eigenvalue weighted by Crippen LogP contribution is -2.14. The van der Waals surface area contributed by atoms with Gasteiger partial charge in [0.15, 0.2) is 15.6 Å². The second-order valence-electron chi connectivity index (χ2n) is 5.30. The highest BCUT2D eigenvalue weighted by atomic mass is 79.9. The van der Waals surface area contributed by atoms with Crippen LogP contribution in [0.5, 0.6) is 0 Å². The molecule has 19 heavy (non-hydrogen) atoms. The van der Waals surface area contributed by atoms with Gasteiger partial charge in [-0.2, -0.15) is 0 Å². The monoisotopic (exact) mass is 342 g/mol. The smallest absolute Gasteiger partial charge is 0.293 e. The van der Waals surface area contributed by atoms with Crippen molar-refractivity contribution in [2.45, 2.75) is 33.1 Å². The van der Waals surface area contributed by atoms with Gasteiger partial charge in [-0.25, -0.2) is 4.98 Å². The Kier molecular flexibility index (Phi) is 3.82. The van der Waals surface area contributed by atoms with Gasteiger partial charge in [-0.1, -0.05) is 20.8 Å². The third-order valence-electron chi connectivity index (χ3n) is 2.59. The van der Waals surface area contributed by atoms with E-state index in [1.165, 1.54) is 11.3 Å². The molecule has 0 aliphatic heterocycles. The number of amides is 1. The molecular formula is C13H15BrN2O2S. The predicted octanol–water partition coefficient (Wildman–Crippen LogP) is 4.36. The molecule has 0 bridgehead atoms. The highest BCUT2D eigenvalue weighted by Crippen LogP contribution is 2.27. The zero-order chi connectivity index (χ0) is 14.2. The fourth-order valence-corrected chi connectivity index (χ4v) is 2.94. The van der Waals surface area contributed by atoms with Crippen molar-refractivity contribution in [1.29, 1.82) is 0 Å². The van der Waals surface area contributed by atoms with E-state index in [1.54, 1.807) is 6.07 Å². The van der Waals surface area contributed by atoms with Crippen molar-refractivity contribution in [3.63, 3.8) is 0 Å². The van der Waals surface area contributed by atoms with Crippen LogP contribution in [0.25, 0.3) is 0 Å². The van der Waals surface area contributed by atoms with E-state index in [-0.39, 0.29) is 11.3 Å². The van der Waals surface area contributed by atoms with E-state index in [1.807, 2.05) is 12.3 Å². The number of nitrogens with one attached hydrogen (secondary N) is 1. The van der Waals surface area contributed by atoms with Gasteiger partial charge in [0, 0.05) is 16.4 Å². The van der Waals surface area contributed by atoms with Crippen LogP contribution in [0.4, 0.5) is 5.13 Å². The summed E-state index contributed by atoms with van der Waals surface area (Å²) in [7, 11) is 0. The van der Waals surface area contributed by atoms with Crippen LogP contribution < -0.4 is 5.32 Å². The number of hydrogen-bond acceptors (Lipinski definition) is 4. The Bertz CT molecular complexity index is 610. The van der Waals surface area contributed by atoms with Crippen LogP contribution in [0.2, 0.25) is 0 Å². The van der Waals surface area contributed by atoms with Crippen molar-refractivity contribution in [2.75, 3.05) is 5.32 Å². The van der Waals surface area contributed by atoms with Crippen LogP contribution in [-0.2, 0) is 5.41 Å². The fraction of sp³-hybridized carbons (Fsp3) is 0.385. The molecule has 0 aliphatic rings. The minimum absolute atomic E-state index is 0.0247. The van der Waals surface area contributed by atoms with Gasteiger partial charge in [0.1, 0.15) is 0 Å². The van der Waals surface area contributed by atoms with E-state index in [0.29, 0.717) is 15.6 Å². The topological polar surface area (TPSA) is 55.1 Å². The normalized spacial score (nSPS) is 11.6. The first-order valence-corrected chi connectivity index (χ1v) is 7.48. The van der Waals surface area contributed by atoms with Crippen molar-refractivity contribution in [3.05, 3.63) is 33.1 Å². The minimum Gasteiger partial charge on any atom is -0.444 e. The van der Waals surface area contributed by atoms with E-state index >= 15 is 0 Å². The number of carbonyl (C=O) groups is 1. The highest BCUT2D eigenvalue weighted by molar-refractivity contribution is 9.10. The van der Waals surface area contributed by atoms with Crippen LogP contribution in [-0.4, -0.2) is 10.9 Å². The maximum absolute atomic E-state index is 12.0. The Balaban J connectivity index is 2.16. The van der Waals surface area contributed by atoms with Crippen molar-refractivity contribution in [1.82, 2.24) is 4.98 Å². The molecule has 6 heteroatoms. The molecule has 2 aromatic rings. The van der Waals surface area contributed by atoms with Crippen molar-refractivity contribution >= 4 is 38.3 Å². The molecule has 2 heterocycles. The van der Waals surface area contributed by atoms with Gasteiger partial charge in [-0.05, 0) is 28.9 Å². The van der Waals surface area contributed by atoms with Gasteiger partial charge in [-0.15, -0.1) is 11.3 Å². The molecule has 0 aliphatic carbocycles. The van der Waals surface area contributed by atoms with E-state index in [0.717, 1.165) is 11.3 Å². The molecule has 0 saturated carbocycles. The second-order valence-corrected chi connectivity index (χ2v) is 6.94. The van der Waals surface area contributed by atoms with E-state index in [2.05, 4.69) is 47.0 Å². The molecular weight excluding hydrogens is 328 g/mol. The van der Waals surface area contributed by atoms with Crippen LogP contribution in [0.1, 0.15) is 42.6 Å². The number of nitrogens with zero attached hydrogens (tertiary/aromatic N) is 1. The largest absolute Gasteiger partial charge is 0.444 e. The quantitative estimate of drug-likeness (QED) is 0.882. The molecule has 0 spiro atoms. The maximum Gasteiger partial charge on any atom is 0.293 e. The van der Waals surface area contributed by atoms with Crippen LogP contribution in [0.15, 0.2) is 20.5 Å². The number of aromatic nitrogens is 1. The number of carbonyl (C=O) groups excluding carboxylic acids is 1. The molecule has 0 aromatic carbocycles. The highest BCUT2D eigenvalue weighted by Gasteiger charge is 2.20. The lowest BCUT2D eigenvalue weighted by atomic mass is 9.93. The van der Waals surface area contributed by atoms with Gasteiger partial charge >= 0.3 is 0 Å². The Morgan fingerprint density at radius 2 is 2.16 bits per heavy atom. The Morgan fingerprint density at radius 1 is 1.47 bits per heavy atom. The third kappa shape index (κ3) is 3.25. The number of thiazole rings is 1. The Labute approximate surface area is 124 Å². The Hall–Kier alpha value is -1.14. The summed E-state index contributed by atoms with van der Waals surface area (Å²) in [5.41, 5.74) is 1.73. The zero-order valence-electron chi connectivity index (χ0n) is 11.2. The summed E-state index contributed by atoms with van der Waals surface area (Å²) in [5.74, 6) is 0.0254. The average Bonchev–Trinajstić information content (AvgIpc) is 2.84. The van der Waals surface area contributed by atoms with Gasteiger partial charge in [-0.3, -0.25) is 10.1 Å². The fourth-order valence-electron chi connectivity index (χ4n) is 1.50.